The first-order valence-corrected chi connectivity index (χ1v) is 10.8. The Morgan fingerprint density at radius 3 is 2.74 bits per heavy atom. The van der Waals surface area contributed by atoms with E-state index in [1.165, 1.54) is 31.1 Å². The standard InChI is InChI=1S/C25H26N4O2/c1-17-23(24(21-8-3-4-12-26-21)29-13-5-2-6-14-29)19-16-18(10-11-20(19)27-17)28-25(30)22-9-7-15-31-22/h3-4,7-12,15-16,24,27H,2,5-6,13-14H2,1H3,(H,28,30)/t24-/m1/s1. The summed E-state index contributed by atoms with van der Waals surface area (Å²) >= 11 is 0. The highest BCUT2D eigenvalue weighted by atomic mass is 16.3. The van der Waals surface area contributed by atoms with E-state index in [-0.39, 0.29) is 11.9 Å². The van der Waals surface area contributed by atoms with Crippen molar-refractivity contribution in [3.8, 4) is 0 Å². The number of likely N-dealkylation sites (tertiary alicyclic amines) is 1. The van der Waals surface area contributed by atoms with Gasteiger partial charge in [-0.25, -0.2) is 0 Å². The Morgan fingerprint density at radius 1 is 1.13 bits per heavy atom. The van der Waals surface area contributed by atoms with Crippen molar-refractivity contribution < 1.29 is 9.21 Å². The number of carbonyl (C=O) groups is 1. The van der Waals surface area contributed by atoms with E-state index in [2.05, 4.69) is 40.3 Å². The Bertz CT molecular complexity index is 1180. The molecule has 0 saturated carbocycles. The van der Waals surface area contributed by atoms with Gasteiger partial charge in [0.05, 0.1) is 18.0 Å². The number of hydrogen-bond donors (Lipinski definition) is 2. The number of pyridine rings is 1. The molecule has 2 N–H and O–H groups in total. The number of aromatic nitrogens is 2. The molecule has 0 aliphatic carbocycles. The lowest BCUT2D eigenvalue weighted by molar-refractivity contribution is 0.0996. The van der Waals surface area contributed by atoms with Crippen LogP contribution in [0.4, 0.5) is 5.69 Å². The summed E-state index contributed by atoms with van der Waals surface area (Å²) in [6.45, 7) is 4.24. The van der Waals surface area contributed by atoms with Crippen molar-refractivity contribution >= 4 is 22.5 Å². The summed E-state index contributed by atoms with van der Waals surface area (Å²) < 4.78 is 5.23. The van der Waals surface area contributed by atoms with Crippen LogP contribution in [-0.4, -0.2) is 33.9 Å². The minimum absolute atomic E-state index is 0.0753. The number of furan rings is 1. The number of piperidine rings is 1. The van der Waals surface area contributed by atoms with Crippen LogP contribution in [0, 0.1) is 6.92 Å². The molecule has 31 heavy (non-hydrogen) atoms. The number of nitrogens with zero attached hydrogens (tertiary/aromatic N) is 2. The summed E-state index contributed by atoms with van der Waals surface area (Å²) in [5.74, 6) is 0.0423. The number of carbonyl (C=O) groups excluding carboxylic acids is 1. The third-order valence-electron chi connectivity index (χ3n) is 6.04. The number of hydrogen-bond acceptors (Lipinski definition) is 4. The average molecular weight is 415 g/mol. The van der Waals surface area contributed by atoms with Gasteiger partial charge >= 0.3 is 0 Å². The highest BCUT2D eigenvalue weighted by molar-refractivity contribution is 6.03. The Kier molecular flexibility index (Phi) is 5.30. The van der Waals surface area contributed by atoms with E-state index in [0.29, 0.717) is 5.76 Å². The highest BCUT2D eigenvalue weighted by Crippen LogP contribution is 2.37. The molecule has 0 unspecified atom stereocenters. The zero-order chi connectivity index (χ0) is 21.2. The van der Waals surface area contributed by atoms with Crippen LogP contribution in [0.1, 0.15) is 52.8 Å². The molecule has 6 heteroatoms. The van der Waals surface area contributed by atoms with Crippen molar-refractivity contribution in [2.24, 2.45) is 0 Å². The third kappa shape index (κ3) is 3.86. The number of amides is 1. The van der Waals surface area contributed by atoms with Gasteiger partial charge in [0.2, 0.25) is 0 Å². The van der Waals surface area contributed by atoms with Crippen molar-refractivity contribution in [2.75, 3.05) is 18.4 Å². The molecule has 3 aromatic heterocycles. The molecule has 1 amide bonds. The fourth-order valence-corrected chi connectivity index (χ4v) is 4.61. The first-order chi connectivity index (χ1) is 15.2. The van der Waals surface area contributed by atoms with Crippen LogP contribution >= 0.6 is 0 Å². The van der Waals surface area contributed by atoms with Gasteiger partial charge in [0.15, 0.2) is 5.76 Å². The summed E-state index contributed by atoms with van der Waals surface area (Å²) in [6, 6.07) is 15.6. The molecule has 1 atom stereocenters. The molecular weight excluding hydrogens is 388 g/mol. The molecular formula is C25H26N4O2. The summed E-state index contributed by atoms with van der Waals surface area (Å²) in [7, 11) is 0. The largest absolute Gasteiger partial charge is 0.459 e. The van der Waals surface area contributed by atoms with Crippen molar-refractivity contribution in [3.63, 3.8) is 0 Å². The maximum absolute atomic E-state index is 12.5. The summed E-state index contributed by atoms with van der Waals surface area (Å²) in [4.78, 5) is 23.3. The second kappa shape index (κ2) is 8.40. The first kappa shape index (κ1) is 19.6. The van der Waals surface area contributed by atoms with Crippen LogP contribution in [-0.2, 0) is 0 Å². The summed E-state index contributed by atoms with van der Waals surface area (Å²) in [6.07, 6.45) is 7.05. The Labute approximate surface area is 181 Å². The molecule has 4 aromatic rings. The topological polar surface area (TPSA) is 74.2 Å². The maximum atomic E-state index is 12.5. The minimum atomic E-state index is -0.254. The number of H-pyrrole nitrogens is 1. The van der Waals surface area contributed by atoms with Gasteiger partial charge in [-0.15, -0.1) is 0 Å². The lowest BCUT2D eigenvalue weighted by Crippen LogP contribution is -2.35. The van der Waals surface area contributed by atoms with Crippen LogP contribution in [0.3, 0.4) is 0 Å². The van der Waals surface area contributed by atoms with Gasteiger partial charge in [-0.3, -0.25) is 14.7 Å². The molecule has 5 rings (SSSR count). The van der Waals surface area contributed by atoms with Gasteiger partial charge in [0.25, 0.3) is 5.91 Å². The molecule has 158 valence electrons. The van der Waals surface area contributed by atoms with Crippen molar-refractivity contribution in [3.05, 3.63) is 83.7 Å². The predicted octanol–water partition coefficient (Wildman–Crippen LogP) is 5.29. The summed E-state index contributed by atoms with van der Waals surface area (Å²) in [5, 5.41) is 4.06. The fraction of sp³-hybridized carbons (Fsp3) is 0.280. The van der Waals surface area contributed by atoms with Gasteiger partial charge in [-0.05, 0) is 75.3 Å². The molecule has 6 nitrogen and oxygen atoms in total. The lowest BCUT2D eigenvalue weighted by atomic mass is 9.95. The number of benzene rings is 1. The maximum Gasteiger partial charge on any atom is 0.291 e. The molecule has 0 bridgehead atoms. The van der Waals surface area contributed by atoms with Crippen LogP contribution in [0.2, 0.25) is 0 Å². The van der Waals surface area contributed by atoms with Gasteiger partial charge in [0, 0.05) is 34.0 Å². The highest BCUT2D eigenvalue weighted by Gasteiger charge is 2.29. The van der Waals surface area contributed by atoms with Gasteiger partial charge in [-0.1, -0.05) is 12.5 Å². The SMILES string of the molecule is Cc1[nH]c2ccc(NC(=O)c3ccco3)cc2c1[C@@H](c1ccccn1)N1CCCCC1. The normalized spacial score (nSPS) is 15.8. The van der Waals surface area contributed by atoms with E-state index in [9.17, 15) is 4.79 Å². The van der Waals surface area contributed by atoms with Crippen LogP contribution in [0.25, 0.3) is 10.9 Å². The van der Waals surface area contributed by atoms with Crippen LogP contribution in [0.5, 0.6) is 0 Å². The summed E-state index contributed by atoms with van der Waals surface area (Å²) in [5.41, 5.74) is 5.21. The monoisotopic (exact) mass is 414 g/mol. The number of anilines is 1. The molecule has 1 saturated heterocycles. The third-order valence-corrected chi connectivity index (χ3v) is 6.04. The second-order valence-corrected chi connectivity index (χ2v) is 8.11. The van der Waals surface area contributed by atoms with E-state index in [1.54, 1.807) is 12.1 Å². The molecule has 1 fully saturated rings. The van der Waals surface area contributed by atoms with Gasteiger partial charge < -0.3 is 14.7 Å². The number of rotatable bonds is 5. The molecule has 1 aliphatic heterocycles. The second-order valence-electron chi connectivity index (χ2n) is 8.11. The quantitative estimate of drug-likeness (QED) is 0.465. The zero-order valence-corrected chi connectivity index (χ0v) is 17.6. The Morgan fingerprint density at radius 2 is 2.00 bits per heavy atom. The number of aryl methyl sites for hydroxylation is 1. The van der Waals surface area contributed by atoms with E-state index >= 15 is 0 Å². The lowest BCUT2D eigenvalue weighted by Gasteiger charge is -2.34. The van der Waals surface area contributed by atoms with Crippen molar-refractivity contribution in [1.29, 1.82) is 0 Å². The van der Waals surface area contributed by atoms with Crippen LogP contribution < -0.4 is 5.32 Å². The van der Waals surface area contributed by atoms with E-state index in [4.69, 9.17) is 9.40 Å². The smallest absolute Gasteiger partial charge is 0.291 e. The average Bonchev–Trinajstić information content (AvgIpc) is 3.44. The Hall–Kier alpha value is -3.38. The van der Waals surface area contributed by atoms with Gasteiger partial charge in [-0.2, -0.15) is 0 Å². The van der Waals surface area contributed by atoms with E-state index < -0.39 is 0 Å². The van der Waals surface area contributed by atoms with E-state index in [0.717, 1.165) is 41.1 Å². The molecule has 0 radical (unpaired) electrons. The number of nitrogens with one attached hydrogen (secondary N) is 2. The first-order valence-electron chi connectivity index (χ1n) is 10.8. The number of fused-ring (bicyclic) bond motifs is 1. The zero-order valence-electron chi connectivity index (χ0n) is 17.6. The van der Waals surface area contributed by atoms with E-state index in [1.807, 2.05) is 24.4 Å². The number of aromatic amines is 1. The van der Waals surface area contributed by atoms with Crippen LogP contribution in [0.15, 0.2) is 65.4 Å². The minimum Gasteiger partial charge on any atom is -0.459 e. The fourth-order valence-electron chi connectivity index (χ4n) is 4.61. The molecule has 1 aromatic carbocycles. The van der Waals surface area contributed by atoms with Gasteiger partial charge in [0.1, 0.15) is 0 Å². The molecule has 0 spiro atoms. The van der Waals surface area contributed by atoms with Crippen molar-refractivity contribution in [2.45, 2.75) is 32.2 Å². The Balaban J connectivity index is 1.58. The molecule has 1 aliphatic rings. The molecule has 4 heterocycles. The van der Waals surface area contributed by atoms with Crippen molar-refractivity contribution in [1.82, 2.24) is 14.9 Å². The predicted molar refractivity (Wildman–Crippen MR) is 121 cm³/mol.